The van der Waals surface area contributed by atoms with Gasteiger partial charge in [0.2, 0.25) is 0 Å². The van der Waals surface area contributed by atoms with Gasteiger partial charge < -0.3 is 4.74 Å². The average molecular weight is 509 g/mol. The van der Waals surface area contributed by atoms with Crippen LogP contribution in [0.15, 0.2) is 113 Å². The van der Waals surface area contributed by atoms with E-state index in [0.717, 1.165) is 32.1 Å². The Morgan fingerprint density at radius 1 is 0.824 bits per heavy atom. The summed E-state index contributed by atoms with van der Waals surface area (Å²) in [6.07, 6.45) is 1.61. The summed E-state index contributed by atoms with van der Waals surface area (Å²) in [5.74, 6) is 0.493. The van der Waals surface area contributed by atoms with Crippen molar-refractivity contribution < 1.29 is 9.53 Å². The summed E-state index contributed by atoms with van der Waals surface area (Å²) >= 11 is 3.58. The molecule has 0 aromatic heterocycles. The number of hydrogen-bond donors (Lipinski definition) is 1. The van der Waals surface area contributed by atoms with Gasteiger partial charge in [0.25, 0.3) is 5.91 Å². The molecule has 5 aromatic rings. The van der Waals surface area contributed by atoms with E-state index in [0.29, 0.717) is 12.2 Å². The van der Waals surface area contributed by atoms with Crippen LogP contribution in [0.5, 0.6) is 5.75 Å². The first-order valence-corrected chi connectivity index (χ1v) is 11.7. The third-order valence-corrected chi connectivity index (χ3v) is 6.25. The largest absolute Gasteiger partial charge is 0.488 e. The van der Waals surface area contributed by atoms with Gasteiger partial charge >= 0.3 is 0 Å². The fraction of sp³-hybridized carbons (Fsp3) is 0.0345. The van der Waals surface area contributed by atoms with Crippen molar-refractivity contribution in [1.82, 2.24) is 5.43 Å². The van der Waals surface area contributed by atoms with Crippen molar-refractivity contribution in [2.24, 2.45) is 5.10 Å². The molecule has 0 aliphatic rings. The predicted molar refractivity (Wildman–Crippen MR) is 141 cm³/mol. The number of benzene rings is 5. The van der Waals surface area contributed by atoms with Crippen molar-refractivity contribution in [1.29, 1.82) is 0 Å². The summed E-state index contributed by atoms with van der Waals surface area (Å²) in [5.41, 5.74) is 5.18. The molecule has 0 unspecified atom stereocenters. The molecule has 0 fully saturated rings. The van der Waals surface area contributed by atoms with Gasteiger partial charge in [-0.1, -0.05) is 78.9 Å². The Hall–Kier alpha value is -3.96. The molecule has 0 aliphatic carbocycles. The highest BCUT2D eigenvalue weighted by molar-refractivity contribution is 9.10. The third-order valence-electron chi connectivity index (χ3n) is 5.63. The van der Waals surface area contributed by atoms with Crippen LogP contribution in [0, 0.1) is 0 Å². The molecular weight excluding hydrogens is 488 g/mol. The van der Waals surface area contributed by atoms with Crippen LogP contribution < -0.4 is 10.2 Å². The van der Waals surface area contributed by atoms with E-state index in [1.54, 1.807) is 12.3 Å². The molecule has 0 heterocycles. The minimum atomic E-state index is -0.248. The first kappa shape index (κ1) is 21.9. The summed E-state index contributed by atoms with van der Waals surface area (Å²) in [4.78, 5) is 12.6. The Kier molecular flexibility index (Phi) is 6.36. The number of hydrazone groups is 1. The van der Waals surface area contributed by atoms with Crippen LogP contribution in [0.4, 0.5) is 0 Å². The topological polar surface area (TPSA) is 50.7 Å². The summed E-state index contributed by atoms with van der Waals surface area (Å²) in [7, 11) is 0. The number of carbonyl (C=O) groups is 1. The minimum absolute atomic E-state index is 0.248. The maximum absolute atomic E-state index is 12.6. The van der Waals surface area contributed by atoms with Crippen LogP contribution in [-0.4, -0.2) is 12.1 Å². The quantitative estimate of drug-likeness (QED) is 0.196. The number of halogens is 1. The molecule has 1 N–H and O–H groups in total. The Morgan fingerprint density at radius 2 is 1.50 bits per heavy atom. The van der Waals surface area contributed by atoms with Crippen molar-refractivity contribution >= 4 is 49.6 Å². The van der Waals surface area contributed by atoms with Crippen molar-refractivity contribution in [3.05, 3.63) is 124 Å². The van der Waals surface area contributed by atoms with Crippen LogP contribution in [0.2, 0.25) is 0 Å². The van der Waals surface area contributed by atoms with Gasteiger partial charge in [-0.15, -0.1) is 0 Å². The fourth-order valence-corrected chi connectivity index (χ4v) is 4.45. The molecule has 0 radical (unpaired) electrons. The van der Waals surface area contributed by atoms with Crippen LogP contribution in [0.3, 0.4) is 0 Å². The van der Waals surface area contributed by atoms with Crippen molar-refractivity contribution in [2.75, 3.05) is 0 Å². The number of fused-ring (bicyclic) bond motifs is 2. The van der Waals surface area contributed by atoms with Crippen LogP contribution in [-0.2, 0) is 6.61 Å². The van der Waals surface area contributed by atoms with Gasteiger partial charge in [-0.3, -0.25) is 4.79 Å². The van der Waals surface area contributed by atoms with Crippen molar-refractivity contribution in [3.63, 3.8) is 0 Å². The van der Waals surface area contributed by atoms with E-state index in [9.17, 15) is 4.79 Å². The molecule has 0 spiro atoms. The lowest BCUT2D eigenvalue weighted by Gasteiger charge is -2.11. The lowest BCUT2D eigenvalue weighted by atomic mass is 10.0. The summed E-state index contributed by atoms with van der Waals surface area (Å²) in [6, 6.07) is 33.6. The monoisotopic (exact) mass is 508 g/mol. The molecule has 1 amide bonds. The zero-order chi connectivity index (χ0) is 23.3. The standard InChI is InChI=1S/C29H21BrN2O2/c30-27-17-20(18-31-32-29(33)26-14-6-10-22-8-2-4-13-25(22)26)15-16-28(27)34-19-23-11-5-9-21-7-1-3-12-24(21)23/h1-18H,19H2,(H,32,33)/b31-18-. The van der Waals surface area contributed by atoms with Gasteiger partial charge in [-0.2, -0.15) is 5.10 Å². The van der Waals surface area contributed by atoms with Gasteiger partial charge in [0.1, 0.15) is 12.4 Å². The molecule has 166 valence electrons. The lowest BCUT2D eigenvalue weighted by Crippen LogP contribution is -2.17. The maximum Gasteiger partial charge on any atom is 0.271 e. The van der Waals surface area contributed by atoms with E-state index in [1.165, 1.54) is 10.8 Å². The maximum atomic E-state index is 12.6. The van der Waals surface area contributed by atoms with Crippen LogP contribution >= 0.6 is 15.9 Å². The Bertz CT molecular complexity index is 1520. The van der Waals surface area contributed by atoms with E-state index in [-0.39, 0.29) is 5.91 Å². The highest BCUT2D eigenvalue weighted by Gasteiger charge is 2.09. The zero-order valence-electron chi connectivity index (χ0n) is 18.2. The molecule has 5 aromatic carbocycles. The Balaban J connectivity index is 1.25. The van der Waals surface area contributed by atoms with E-state index >= 15 is 0 Å². The molecule has 4 nitrogen and oxygen atoms in total. The fourth-order valence-electron chi connectivity index (χ4n) is 3.94. The van der Waals surface area contributed by atoms with Gasteiger partial charge in [-0.05, 0) is 72.9 Å². The number of hydrogen-bond acceptors (Lipinski definition) is 3. The highest BCUT2D eigenvalue weighted by atomic mass is 79.9. The molecule has 34 heavy (non-hydrogen) atoms. The molecule has 5 rings (SSSR count). The first-order chi connectivity index (χ1) is 16.7. The first-order valence-electron chi connectivity index (χ1n) is 10.9. The second-order valence-corrected chi connectivity index (χ2v) is 8.70. The SMILES string of the molecule is O=C(N/N=C\c1ccc(OCc2cccc3ccccc23)c(Br)c1)c1cccc2ccccc12. The number of nitrogens with one attached hydrogen (secondary N) is 1. The van der Waals surface area contributed by atoms with Gasteiger partial charge in [0.05, 0.1) is 10.7 Å². The second-order valence-electron chi connectivity index (χ2n) is 7.84. The van der Waals surface area contributed by atoms with Crippen molar-refractivity contribution in [3.8, 4) is 5.75 Å². The van der Waals surface area contributed by atoms with Crippen molar-refractivity contribution in [2.45, 2.75) is 6.61 Å². The third kappa shape index (κ3) is 4.70. The minimum Gasteiger partial charge on any atom is -0.488 e. The second kappa shape index (κ2) is 9.89. The molecule has 0 atom stereocenters. The van der Waals surface area contributed by atoms with E-state index < -0.39 is 0 Å². The normalized spacial score (nSPS) is 11.2. The summed E-state index contributed by atoms with van der Waals surface area (Å²) in [5, 5.41) is 8.43. The van der Waals surface area contributed by atoms with Crippen LogP contribution in [0.25, 0.3) is 21.5 Å². The predicted octanol–water partition coefficient (Wildman–Crippen LogP) is 7.10. The number of rotatable bonds is 6. The lowest BCUT2D eigenvalue weighted by molar-refractivity contribution is 0.0957. The zero-order valence-corrected chi connectivity index (χ0v) is 19.8. The average Bonchev–Trinajstić information content (AvgIpc) is 2.88. The van der Waals surface area contributed by atoms with E-state index in [4.69, 9.17) is 4.74 Å². The molecule has 0 aliphatic heterocycles. The van der Waals surface area contributed by atoms with Gasteiger partial charge in [0.15, 0.2) is 0 Å². The molecular formula is C29H21BrN2O2. The summed E-state index contributed by atoms with van der Waals surface area (Å²) in [6.45, 7) is 0.467. The smallest absolute Gasteiger partial charge is 0.271 e. The van der Waals surface area contributed by atoms with Crippen LogP contribution in [0.1, 0.15) is 21.5 Å². The number of nitrogens with zero attached hydrogens (tertiary/aromatic N) is 1. The Morgan fingerprint density at radius 3 is 2.29 bits per heavy atom. The molecule has 0 bridgehead atoms. The molecule has 0 saturated heterocycles. The summed E-state index contributed by atoms with van der Waals surface area (Å²) < 4.78 is 6.88. The molecule has 5 heteroatoms. The van der Waals surface area contributed by atoms with E-state index in [1.807, 2.05) is 72.8 Å². The highest BCUT2D eigenvalue weighted by Crippen LogP contribution is 2.28. The number of carbonyl (C=O) groups excluding carboxylic acids is 1. The number of amides is 1. The number of ether oxygens (including phenoxy) is 1. The Labute approximate surface area is 206 Å². The van der Waals surface area contributed by atoms with E-state index in [2.05, 4.69) is 50.7 Å². The molecule has 0 saturated carbocycles. The van der Waals surface area contributed by atoms with Gasteiger partial charge in [-0.25, -0.2) is 5.43 Å². The van der Waals surface area contributed by atoms with Gasteiger partial charge in [0, 0.05) is 5.56 Å².